The molecule has 0 aliphatic heterocycles. The zero-order chi connectivity index (χ0) is 15.0. The first-order valence-electron chi connectivity index (χ1n) is 5.85. The summed E-state index contributed by atoms with van der Waals surface area (Å²) in [5.74, 6) is 0.266. The van der Waals surface area contributed by atoms with Crippen molar-refractivity contribution in [3.05, 3.63) is 40.1 Å². The van der Waals surface area contributed by atoms with Gasteiger partial charge in [-0.05, 0) is 24.6 Å². The number of carbonyl (C=O) groups is 1. The number of benzene rings is 1. The van der Waals surface area contributed by atoms with E-state index in [2.05, 4.69) is 4.74 Å². The first kappa shape index (κ1) is 15.5. The summed E-state index contributed by atoms with van der Waals surface area (Å²) in [7, 11) is 1.26. The molecule has 0 saturated heterocycles. The molecule has 108 valence electrons. The third-order valence-corrected chi connectivity index (χ3v) is 2.23. The van der Waals surface area contributed by atoms with E-state index >= 15 is 0 Å². The Hall–Kier alpha value is -2.57. The first-order valence-corrected chi connectivity index (χ1v) is 5.85. The predicted octanol–water partition coefficient (Wildman–Crippen LogP) is 1.88. The number of hydrogen-bond donors (Lipinski definition) is 0. The van der Waals surface area contributed by atoms with Gasteiger partial charge in [-0.25, -0.2) is 4.79 Å². The molecule has 7 nitrogen and oxygen atoms in total. The van der Waals surface area contributed by atoms with E-state index in [-0.39, 0.29) is 6.61 Å². The highest BCUT2D eigenvalue weighted by Crippen LogP contribution is 2.29. The van der Waals surface area contributed by atoms with Gasteiger partial charge in [0.2, 0.25) is 6.20 Å². The minimum Gasteiger partial charge on any atom is -0.490 e. The summed E-state index contributed by atoms with van der Waals surface area (Å²) in [4.78, 5) is 20.7. The highest BCUT2D eigenvalue weighted by Gasteiger charge is 2.08. The second kappa shape index (κ2) is 7.78. The molecule has 0 unspecified atom stereocenters. The fourth-order valence-corrected chi connectivity index (χ4v) is 1.36. The molecule has 20 heavy (non-hydrogen) atoms. The van der Waals surface area contributed by atoms with E-state index in [0.717, 1.165) is 6.20 Å². The Bertz CT molecular complexity index is 512. The van der Waals surface area contributed by atoms with Gasteiger partial charge in [-0.1, -0.05) is 6.07 Å². The minimum absolute atomic E-state index is 0.235. The van der Waals surface area contributed by atoms with Gasteiger partial charge in [-0.2, -0.15) is 0 Å². The molecular formula is C13H15NO6. The molecule has 0 bridgehead atoms. The van der Waals surface area contributed by atoms with Crippen LogP contribution in [0, 0.1) is 10.1 Å². The molecule has 0 aliphatic carbocycles. The number of hydrogen-bond acceptors (Lipinski definition) is 6. The van der Waals surface area contributed by atoms with Crippen molar-refractivity contribution < 1.29 is 23.9 Å². The zero-order valence-electron chi connectivity index (χ0n) is 11.2. The lowest BCUT2D eigenvalue weighted by Crippen LogP contribution is -2.13. The fraction of sp³-hybridized carbons (Fsp3) is 0.308. The van der Waals surface area contributed by atoms with Crippen LogP contribution in [0.5, 0.6) is 11.5 Å². The molecule has 1 rings (SSSR count). The molecule has 0 spiro atoms. The molecule has 0 atom stereocenters. The fourth-order valence-electron chi connectivity index (χ4n) is 1.36. The van der Waals surface area contributed by atoms with Crippen LogP contribution in [0.3, 0.4) is 0 Å². The van der Waals surface area contributed by atoms with Crippen molar-refractivity contribution in [2.75, 3.05) is 20.3 Å². The summed E-state index contributed by atoms with van der Waals surface area (Å²) in [5.41, 5.74) is 0.593. The molecule has 7 heteroatoms. The summed E-state index contributed by atoms with van der Waals surface area (Å²) in [6.45, 7) is 1.96. The molecule has 1 aromatic rings. The largest absolute Gasteiger partial charge is 0.490 e. The van der Waals surface area contributed by atoms with E-state index in [1.165, 1.54) is 13.2 Å². The Balaban J connectivity index is 2.89. The second-order valence-electron chi connectivity index (χ2n) is 3.61. The van der Waals surface area contributed by atoms with E-state index in [4.69, 9.17) is 9.47 Å². The van der Waals surface area contributed by atoms with Crippen LogP contribution in [0.25, 0.3) is 6.08 Å². The van der Waals surface area contributed by atoms with Gasteiger partial charge in [0, 0.05) is 6.08 Å². The van der Waals surface area contributed by atoms with Crippen molar-refractivity contribution in [3.8, 4) is 11.5 Å². The maximum Gasteiger partial charge on any atom is 0.343 e. The number of carbonyl (C=O) groups excluding carboxylic acids is 1. The number of nitrogens with zero attached hydrogens (tertiary/aromatic N) is 1. The van der Waals surface area contributed by atoms with Crippen LogP contribution in [-0.2, 0) is 9.53 Å². The van der Waals surface area contributed by atoms with Gasteiger partial charge in [0.15, 0.2) is 18.1 Å². The molecular weight excluding hydrogens is 266 g/mol. The molecule has 0 N–H and O–H groups in total. The topological polar surface area (TPSA) is 87.9 Å². The molecule has 0 radical (unpaired) electrons. The van der Waals surface area contributed by atoms with Crippen molar-refractivity contribution in [2.24, 2.45) is 0 Å². The first-order chi connectivity index (χ1) is 9.56. The third kappa shape index (κ3) is 4.97. The summed E-state index contributed by atoms with van der Waals surface area (Å²) in [5, 5.41) is 10.3. The quantitative estimate of drug-likeness (QED) is 0.431. The van der Waals surface area contributed by atoms with Crippen LogP contribution in [0.4, 0.5) is 0 Å². The highest BCUT2D eigenvalue weighted by atomic mass is 16.6. The van der Waals surface area contributed by atoms with E-state index in [0.29, 0.717) is 23.7 Å². The smallest absolute Gasteiger partial charge is 0.343 e. The summed E-state index contributed by atoms with van der Waals surface area (Å²) >= 11 is 0. The van der Waals surface area contributed by atoms with Crippen LogP contribution >= 0.6 is 0 Å². The number of rotatable bonds is 7. The monoisotopic (exact) mass is 281 g/mol. The van der Waals surface area contributed by atoms with Crippen molar-refractivity contribution >= 4 is 12.0 Å². The molecule has 0 amide bonds. The Labute approximate surface area is 115 Å². The SMILES string of the molecule is CCOc1cc(/C=C\[N+](=O)[O-])ccc1OCC(=O)OC. The zero-order valence-corrected chi connectivity index (χ0v) is 11.2. The van der Waals surface area contributed by atoms with Crippen LogP contribution in [-0.4, -0.2) is 31.2 Å². The van der Waals surface area contributed by atoms with Crippen molar-refractivity contribution in [1.29, 1.82) is 0 Å². The third-order valence-electron chi connectivity index (χ3n) is 2.23. The van der Waals surface area contributed by atoms with Gasteiger partial charge in [-0.15, -0.1) is 0 Å². The Morgan fingerprint density at radius 2 is 2.10 bits per heavy atom. The van der Waals surface area contributed by atoms with Crippen LogP contribution < -0.4 is 9.47 Å². The average molecular weight is 281 g/mol. The molecule has 0 fully saturated rings. The molecule has 0 heterocycles. The van der Waals surface area contributed by atoms with E-state index < -0.39 is 10.9 Å². The number of nitro groups is 1. The number of ether oxygens (including phenoxy) is 3. The van der Waals surface area contributed by atoms with Crippen molar-refractivity contribution in [1.82, 2.24) is 0 Å². The van der Waals surface area contributed by atoms with Crippen molar-refractivity contribution in [2.45, 2.75) is 6.92 Å². The summed E-state index contributed by atoms with van der Waals surface area (Å²) in [6.07, 6.45) is 2.17. The normalized spacial score (nSPS) is 10.3. The van der Waals surface area contributed by atoms with Crippen LogP contribution in [0.15, 0.2) is 24.4 Å². The lowest BCUT2D eigenvalue weighted by atomic mass is 10.2. The lowest BCUT2D eigenvalue weighted by molar-refractivity contribution is -0.400. The van der Waals surface area contributed by atoms with Gasteiger partial charge < -0.3 is 14.2 Å². The van der Waals surface area contributed by atoms with Gasteiger partial charge >= 0.3 is 5.97 Å². The standard InChI is InChI=1S/C13H15NO6/c1-3-19-12-8-10(6-7-14(16)17)4-5-11(12)20-9-13(15)18-2/h4-8H,3,9H2,1-2H3/b7-6-. The number of methoxy groups -OCH3 is 1. The molecule has 0 saturated carbocycles. The molecule has 0 aliphatic rings. The van der Waals surface area contributed by atoms with Crippen LogP contribution in [0.1, 0.15) is 12.5 Å². The van der Waals surface area contributed by atoms with Crippen molar-refractivity contribution in [3.63, 3.8) is 0 Å². The summed E-state index contributed by atoms with van der Waals surface area (Å²) < 4.78 is 15.1. The van der Waals surface area contributed by atoms with E-state index in [1.54, 1.807) is 25.1 Å². The van der Waals surface area contributed by atoms with Gasteiger partial charge in [0.05, 0.1) is 18.6 Å². The molecule has 0 aromatic heterocycles. The van der Waals surface area contributed by atoms with E-state index in [1.807, 2.05) is 0 Å². The van der Waals surface area contributed by atoms with Gasteiger partial charge in [0.1, 0.15) is 0 Å². The van der Waals surface area contributed by atoms with Gasteiger partial charge in [-0.3, -0.25) is 10.1 Å². The van der Waals surface area contributed by atoms with E-state index in [9.17, 15) is 14.9 Å². The summed E-state index contributed by atoms with van der Waals surface area (Å²) in [6, 6.07) is 4.79. The Morgan fingerprint density at radius 1 is 1.35 bits per heavy atom. The highest BCUT2D eigenvalue weighted by molar-refractivity contribution is 5.71. The maximum atomic E-state index is 11.0. The number of esters is 1. The Morgan fingerprint density at radius 3 is 2.70 bits per heavy atom. The maximum absolute atomic E-state index is 11.0. The average Bonchev–Trinajstić information content (AvgIpc) is 2.44. The Kier molecular flexibility index (Phi) is 6.02. The van der Waals surface area contributed by atoms with Gasteiger partial charge in [0.25, 0.3) is 0 Å². The predicted molar refractivity (Wildman–Crippen MR) is 71.2 cm³/mol. The minimum atomic E-state index is -0.554. The lowest BCUT2D eigenvalue weighted by Gasteiger charge is -2.11. The second-order valence-corrected chi connectivity index (χ2v) is 3.61. The molecule has 1 aromatic carbocycles. The van der Waals surface area contributed by atoms with Crippen LogP contribution in [0.2, 0.25) is 0 Å².